The van der Waals surface area contributed by atoms with Crippen LogP contribution in [0.4, 0.5) is 5.69 Å². The number of aliphatic carboxylic acids is 1. The van der Waals surface area contributed by atoms with Crippen molar-refractivity contribution < 1.29 is 14.7 Å². The summed E-state index contributed by atoms with van der Waals surface area (Å²) in [5, 5.41) is 8.68. The number of rotatable bonds is 6. The van der Waals surface area contributed by atoms with Crippen molar-refractivity contribution in [3.8, 4) is 0 Å². The molecule has 1 rings (SSSR count). The maximum absolute atomic E-state index is 11.8. The summed E-state index contributed by atoms with van der Waals surface area (Å²) in [5.74, 6) is -1.14. The third-order valence-electron chi connectivity index (χ3n) is 2.64. The monoisotopic (exact) mass is 250 g/mol. The summed E-state index contributed by atoms with van der Waals surface area (Å²) < 4.78 is 0. The Morgan fingerprint density at radius 1 is 1.39 bits per heavy atom. The largest absolute Gasteiger partial charge is 0.480 e. The number of amides is 1. The minimum Gasteiger partial charge on any atom is -0.480 e. The number of likely N-dealkylation sites (N-methyl/N-ethyl adjacent to an activating group) is 1. The lowest BCUT2D eigenvalue weighted by Gasteiger charge is -2.18. The van der Waals surface area contributed by atoms with E-state index >= 15 is 0 Å². The third kappa shape index (κ3) is 4.45. The average Bonchev–Trinajstić information content (AvgIpc) is 2.33. The zero-order valence-electron chi connectivity index (χ0n) is 10.4. The van der Waals surface area contributed by atoms with Gasteiger partial charge in [0.2, 0.25) is 5.91 Å². The topological polar surface area (TPSA) is 83.6 Å². The molecule has 0 radical (unpaired) electrons. The molecule has 0 fully saturated rings. The predicted octanol–water partition coefficient (Wildman–Crippen LogP) is 1.13. The molecule has 0 aliphatic heterocycles. The Morgan fingerprint density at radius 3 is 2.67 bits per heavy atom. The summed E-state index contributed by atoms with van der Waals surface area (Å²) in [5.41, 5.74) is 7.29. The summed E-state index contributed by atoms with van der Waals surface area (Å²) >= 11 is 0. The number of carboxylic acids is 1. The van der Waals surface area contributed by atoms with Crippen LogP contribution in [0.1, 0.15) is 18.9 Å². The van der Waals surface area contributed by atoms with Gasteiger partial charge in [0.1, 0.15) is 6.54 Å². The number of nitrogen functional groups attached to an aromatic ring is 1. The summed E-state index contributed by atoms with van der Waals surface area (Å²) in [4.78, 5) is 23.7. The smallest absolute Gasteiger partial charge is 0.323 e. The molecule has 5 nitrogen and oxygen atoms in total. The van der Waals surface area contributed by atoms with E-state index in [0.29, 0.717) is 25.1 Å². The van der Waals surface area contributed by atoms with E-state index in [4.69, 9.17) is 10.8 Å². The highest BCUT2D eigenvalue weighted by atomic mass is 16.4. The molecule has 1 aromatic rings. The summed E-state index contributed by atoms with van der Waals surface area (Å²) in [6, 6.07) is 7.34. The van der Waals surface area contributed by atoms with E-state index < -0.39 is 5.97 Å². The maximum atomic E-state index is 11.8. The lowest BCUT2D eigenvalue weighted by molar-refractivity contribution is -0.144. The maximum Gasteiger partial charge on any atom is 0.323 e. The number of carboxylic acid groups (broad SMARTS) is 1. The first-order valence-corrected chi connectivity index (χ1v) is 5.87. The number of aryl methyl sites for hydroxylation is 1. The van der Waals surface area contributed by atoms with Gasteiger partial charge in [-0.2, -0.15) is 0 Å². The van der Waals surface area contributed by atoms with Crippen LogP contribution in [0.3, 0.4) is 0 Å². The van der Waals surface area contributed by atoms with Crippen LogP contribution in [0.5, 0.6) is 0 Å². The lowest BCUT2D eigenvalue weighted by Crippen LogP contribution is -2.35. The van der Waals surface area contributed by atoms with Gasteiger partial charge in [0.05, 0.1) is 0 Å². The molecule has 18 heavy (non-hydrogen) atoms. The Morgan fingerprint density at radius 2 is 2.11 bits per heavy atom. The van der Waals surface area contributed by atoms with Crippen molar-refractivity contribution >= 4 is 17.6 Å². The highest BCUT2D eigenvalue weighted by Crippen LogP contribution is 2.09. The molecule has 0 atom stereocenters. The van der Waals surface area contributed by atoms with Crippen LogP contribution in [0.15, 0.2) is 24.3 Å². The van der Waals surface area contributed by atoms with Crippen LogP contribution in [0, 0.1) is 0 Å². The first kappa shape index (κ1) is 14.0. The van der Waals surface area contributed by atoms with Crippen molar-refractivity contribution in [2.75, 3.05) is 18.8 Å². The second kappa shape index (κ2) is 6.64. The fourth-order valence-corrected chi connectivity index (χ4v) is 1.70. The zero-order chi connectivity index (χ0) is 13.5. The number of carbonyl (C=O) groups is 2. The number of hydrogen-bond acceptors (Lipinski definition) is 3. The molecule has 0 saturated heterocycles. The van der Waals surface area contributed by atoms with E-state index in [-0.39, 0.29) is 12.5 Å². The van der Waals surface area contributed by atoms with E-state index in [0.717, 1.165) is 5.56 Å². The van der Waals surface area contributed by atoms with Crippen molar-refractivity contribution in [3.63, 3.8) is 0 Å². The first-order valence-electron chi connectivity index (χ1n) is 5.87. The number of anilines is 1. The molecule has 0 spiro atoms. The molecule has 0 saturated carbocycles. The van der Waals surface area contributed by atoms with Gasteiger partial charge in [-0.3, -0.25) is 9.59 Å². The Hall–Kier alpha value is -2.04. The molecule has 0 aliphatic carbocycles. The molecule has 5 heteroatoms. The van der Waals surface area contributed by atoms with Crippen molar-refractivity contribution in [2.45, 2.75) is 19.8 Å². The molecule has 0 heterocycles. The number of benzene rings is 1. The molecule has 1 aromatic carbocycles. The number of nitrogens with zero attached hydrogens (tertiary/aromatic N) is 1. The second-order valence-corrected chi connectivity index (χ2v) is 4.05. The van der Waals surface area contributed by atoms with Gasteiger partial charge in [-0.25, -0.2) is 0 Å². The average molecular weight is 250 g/mol. The number of nitrogens with two attached hydrogens (primary N) is 1. The van der Waals surface area contributed by atoms with Crippen LogP contribution >= 0.6 is 0 Å². The highest BCUT2D eigenvalue weighted by molar-refractivity contribution is 5.81. The van der Waals surface area contributed by atoms with Crippen LogP contribution in [0.25, 0.3) is 0 Å². The zero-order valence-corrected chi connectivity index (χ0v) is 10.4. The Labute approximate surface area is 106 Å². The fourth-order valence-electron chi connectivity index (χ4n) is 1.70. The predicted molar refractivity (Wildman–Crippen MR) is 69.1 cm³/mol. The first-order chi connectivity index (χ1) is 8.52. The van der Waals surface area contributed by atoms with E-state index in [1.54, 1.807) is 13.0 Å². The van der Waals surface area contributed by atoms with Gasteiger partial charge in [-0.15, -0.1) is 0 Å². The summed E-state index contributed by atoms with van der Waals surface area (Å²) in [7, 11) is 0. The molecule has 3 N–H and O–H groups in total. The fraction of sp³-hybridized carbons (Fsp3) is 0.385. The number of carbonyl (C=O) groups excluding carboxylic acids is 1. The molecule has 0 unspecified atom stereocenters. The van der Waals surface area contributed by atoms with Crippen molar-refractivity contribution in [1.82, 2.24) is 4.90 Å². The van der Waals surface area contributed by atoms with Gasteiger partial charge in [-0.05, 0) is 31.0 Å². The Bertz CT molecular complexity index is 432. The van der Waals surface area contributed by atoms with Gasteiger partial charge in [0, 0.05) is 18.7 Å². The second-order valence-electron chi connectivity index (χ2n) is 4.05. The standard InChI is InChI=1S/C13H18N2O3/c1-2-15(9-13(17)18)12(16)7-6-10-4-3-5-11(14)8-10/h3-5,8H,2,6-7,9,14H2,1H3,(H,17,18). The minimum absolute atomic E-state index is 0.151. The molecule has 98 valence electrons. The van der Waals surface area contributed by atoms with Crippen LogP contribution in [-0.2, 0) is 16.0 Å². The van der Waals surface area contributed by atoms with Crippen molar-refractivity contribution in [3.05, 3.63) is 29.8 Å². The molecule has 1 amide bonds. The van der Waals surface area contributed by atoms with E-state index in [1.165, 1.54) is 4.90 Å². The number of hydrogen-bond donors (Lipinski definition) is 2. The van der Waals surface area contributed by atoms with E-state index in [1.807, 2.05) is 18.2 Å². The van der Waals surface area contributed by atoms with E-state index in [9.17, 15) is 9.59 Å². The Balaban J connectivity index is 2.51. The molecular formula is C13H18N2O3. The van der Waals surface area contributed by atoms with Gasteiger partial charge >= 0.3 is 5.97 Å². The lowest BCUT2D eigenvalue weighted by atomic mass is 10.1. The SMILES string of the molecule is CCN(CC(=O)O)C(=O)CCc1cccc(N)c1. The Kier molecular flexibility index (Phi) is 5.17. The van der Waals surface area contributed by atoms with Gasteiger partial charge < -0.3 is 15.7 Å². The van der Waals surface area contributed by atoms with Gasteiger partial charge in [0.25, 0.3) is 0 Å². The molecule has 0 aliphatic rings. The van der Waals surface area contributed by atoms with Crippen molar-refractivity contribution in [2.24, 2.45) is 0 Å². The van der Waals surface area contributed by atoms with Gasteiger partial charge in [0.15, 0.2) is 0 Å². The van der Waals surface area contributed by atoms with Crippen LogP contribution in [0.2, 0.25) is 0 Å². The minimum atomic E-state index is -0.992. The van der Waals surface area contributed by atoms with Crippen LogP contribution in [-0.4, -0.2) is 35.0 Å². The van der Waals surface area contributed by atoms with Gasteiger partial charge in [-0.1, -0.05) is 12.1 Å². The normalized spacial score (nSPS) is 10.1. The molecule has 0 aromatic heterocycles. The summed E-state index contributed by atoms with van der Waals surface area (Å²) in [6.07, 6.45) is 0.866. The molecule has 0 bridgehead atoms. The van der Waals surface area contributed by atoms with E-state index in [2.05, 4.69) is 0 Å². The van der Waals surface area contributed by atoms with Crippen molar-refractivity contribution in [1.29, 1.82) is 0 Å². The van der Waals surface area contributed by atoms with Crippen LogP contribution < -0.4 is 5.73 Å². The highest BCUT2D eigenvalue weighted by Gasteiger charge is 2.14. The quantitative estimate of drug-likeness (QED) is 0.741. The molecular weight excluding hydrogens is 232 g/mol. The summed E-state index contributed by atoms with van der Waals surface area (Å²) in [6.45, 7) is 1.93. The third-order valence-corrected chi connectivity index (χ3v) is 2.64.